The van der Waals surface area contributed by atoms with Gasteiger partial charge in [-0.3, -0.25) is 4.98 Å². The van der Waals surface area contributed by atoms with Crippen molar-refractivity contribution in [1.82, 2.24) is 15.0 Å². The fourth-order valence-corrected chi connectivity index (χ4v) is 1.24. The zero-order valence-electron chi connectivity index (χ0n) is 7.87. The van der Waals surface area contributed by atoms with Crippen LogP contribution in [0.25, 0.3) is 11.4 Å². The van der Waals surface area contributed by atoms with E-state index in [1.54, 1.807) is 0 Å². The second kappa shape index (κ2) is 3.69. The summed E-state index contributed by atoms with van der Waals surface area (Å²) < 4.78 is 26.7. The molecule has 1 aromatic carbocycles. The van der Waals surface area contributed by atoms with Gasteiger partial charge in [-0.2, -0.15) is 9.97 Å². The van der Waals surface area contributed by atoms with Gasteiger partial charge in [-0.15, -0.1) is 0 Å². The van der Waals surface area contributed by atoms with Crippen LogP contribution in [0, 0.1) is 11.6 Å². The smallest absolute Gasteiger partial charge is 0.349 e. The van der Waals surface area contributed by atoms with E-state index in [-0.39, 0.29) is 11.8 Å². The van der Waals surface area contributed by atoms with Gasteiger partial charge in [0.1, 0.15) is 11.6 Å². The van der Waals surface area contributed by atoms with E-state index in [1.165, 1.54) is 6.07 Å². The first-order chi connectivity index (χ1) is 7.58. The number of nitrogens with zero attached hydrogens (tertiary/aromatic N) is 2. The minimum absolute atomic E-state index is 0.284. The first-order valence-corrected chi connectivity index (χ1v) is 4.26. The lowest BCUT2D eigenvalue weighted by atomic mass is 10.2. The molecule has 0 bridgehead atoms. The zero-order valence-corrected chi connectivity index (χ0v) is 7.87. The summed E-state index contributed by atoms with van der Waals surface area (Å²) in [7, 11) is 0. The van der Waals surface area contributed by atoms with Crippen LogP contribution in [0.3, 0.4) is 0 Å². The van der Waals surface area contributed by atoms with Gasteiger partial charge < -0.3 is 5.73 Å². The Morgan fingerprint density at radius 2 is 1.81 bits per heavy atom. The van der Waals surface area contributed by atoms with Gasteiger partial charge in [0.2, 0.25) is 5.95 Å². The third-order valence-electron chi connectivity index (χ3n) is 1.87. The van der Waals surface area contributed by atoms with Gasteiger partial charge in [0, 0.05) is 0 Å². The summed E-state index contributed by atoms with van der Waals surface area (Å²) in [6.45, 7) is 0. The number of rotatable bonds is 1. The molecule has 16 heavy (non-hydrogen) atoms. The fourth-order valence-electron chi connectivity index (χ4n) is 1.24. The predicted octanol–water partition coefficient (Wildman–Crippen LogP) is 0.692. The number of hydrogen-bond donors (Lipinski definition) is 2. The second-order valence-corrected chi connectivity index (χ2v) is 2.96. The molecule has 0 unspecified atom stereocenters. The number of halogens is 2. The molecule has 82 valence electrons. The molecule has 3 N–H and O–H groups in total. The summed E-state index contributed by atoms with van der Waals surface area (Å²) in [5, 5.41) is 0. The van der Waals surface area contributed by atoms with Crippen molar-refractivity contribution in [2.24, 2.45) is 0 Å². The number of aromatic nitrogens is 3. The highest BCUT2D eigenvalue weighted by atomic mass is 19.1. The summed E-state index contributed by atoms with van der Waals surface area (Å²) >= 11 is 0. The van der Waals surface area contributed by atoms with E-state index in [0.717, 1.165) is 12.1 Å². The average Bonchev–Trinajstić information content (AvgIpc) is 2.15. The first-order valence-electron chi connectivity index (χ1n) is 4.26. The molecule has 7 heteroatoms. The molecule has 0 spiro atoms. The van der Waals surface area contributed by atoms with Crippen LogP contribution in [0.4, 0.5) is 14.7 Å². The lowest BCUT2D eigenvalue weighted by Crippen LogP contribution is -2.16. The Kier molecular flexibility index (Phi) is 2.35. The van der Waals surface area contributed by atoms with Gasteiger partial charge in [0.15, 0.2) is 5.82 Å². The third kappa shape index (κ3) is 1.74. The molecule has 0 atom stereocenters. The normalized spacial score (nSPS) is 10.4. The fraction of sp³-hybridized carbons (Fsp3) is 0. The molecule has 0 radical (unpaired) electrons. The van der Waals surface area contributed by atoms with Crippen molar-refractivity contribution in [2.75, 3.05) is 5.73 Å². The first kappa shape index (κ1) is 10.2. The molecule has 0 aliphatic carbocycles. The topological polar surface area (TPSA) is 84.7 Å². The molecular formula is C9H6F2N4O. The lowest BCUT2D eigenvalue weighted by molar-refractivity contribution is 0.587. The van der Waals surface area contributed by atoms with Crippen LogP contribution < -0.4 is 11.4 Å². The number of hydrogen-bond acceptors (Lipinski definition) is 4. The number of H-pyrrole nitrogens is 1. The van der Waals surface area contributed by atoms with Crippen LogP contribution in [0.1, 0.15) is 0 Å². The van der Waals surface area contributed by atoms with Crippen LogP contribution >= 0.6 is 0 Å². The van der Waals surface area contributed by atoms with Gasteiger partial charge in [-0.25, -0.2) is 13.6 Å². The van der Waals surface area contributed by atoms with Crippen molar-refractivity contribution < 1.29 is 8.78 Å². The van der Waals surface area contributed by atoms with E-state index < -0.39 is 22.9 Å². The molecule has 0 aliphatic heterocycles. The van der Waals surface area contributed by atoms with Crippen LogP contribution in [0.5, 0.6) is 0 Å². The van der Waals surface area contributed by atoms with Crippen molar-refractivity contribution >= 4 is 5.95 Å². The molecule has 1 aromatic heterocycles. The van der Waals surface area contributed by atoms with E-state index in [2.05, 4.69) is 15.0 Å². The van der Waals surface area contributed by atoms with Gasteiger partial charge >= 0.3 is 5.69 Å². The van der Waals surface area contributed by atoms with Gasteiger partial charge in [-0.05, 0) is 12.1 Å². The van der Waals surface area contributed by atoms with Gasteiger partial charge in [0.25, 0.3) is 0 Å². The Morgan fingerprint density at radius 1 is 1.19 bits per heavy atom. The summed E-state index contributed by atoms with van der Waals surface area (Å²) in [4.78, 5) is 19.9. The van der Waals surface area contributed by atoms with Crippen molar-refractivity contribution in [3.8, 4) is 11.4 Å². The summed E-state index contributed by atoms with van der Waals surface area (Å²) in [5.41, 5.74) is 3.96. The Morgan fingerprint density at radius 3 is 2.38 bits per heavy atom. The summed E-state index contributed by atoms with van der Waals surface area (Å²) in [5.74, 6) is -2.31. The SMILES string of the molecule is Nc1nc(-c2c(F)cccc2F)[nH]c(=O)n1. The molecule has 1 heterocycles. The average molecular weight is 224 g/mol. The standard InChI is InChI=1S/C9H6F2N4O/c10-4-2-1-3-5(11)6(4)7-13-8(12)15-9(16)14-7/h1-3H,(H3,12,13,14,15,16). The minimum Gasteiger partial charge on any atom is -0.368 e. The van der Waals surface area contributed by atoms with Crippen LogP contribution in [0.15, 0.2) is 23.0 Å². The molecule has 0 fully saturated rings. The highest BCUT2D eigenvalue weighted by Crippen LogP contribution is 2.21. The minimum atomic E-state index is -0.839. The number of aromatic amines is 1. The van der Waals surface area contributed by atoms with Crippen LogP contribution in [-0.2, 0) is 0 Å². The van der Waals surface area contributed by atoms with Gasteiger partial charge in [-0.1, -0.05) is 6.07 Å². The molecule has 5 nitrogen and oxygen atoms in total. The Bertz CT molecular complexity index is 576. The number of nitrogen functional groups attached to an aromatic ring is 1. The molecule has 0 saturated heterocycles. The highest BCUT2D eigenvalue weighted by molar-refractivity contribution is 5.57. The molecule has 0 amide bonds. The maximum Gasteiger partial charge on any atom is 0.349 e. The van der Waals surface area contributed by atoms with E-state index in [4.69, 9.17) is 5.73 Å². The third-order valence-corrected chi connectivity index (χ3v) is 1.87. The van der Waals surface area contributed by atoms with Crippen LogP contribution in [-0.4, -0.2) is 15.0 Å². The second-order valence-electron chi connectivity index (χ2n) is 2.96. The molecule has 0 saturated carbocycles. The Labute approximate surface area is 88.0 Å². The lowest BCUT2D eigenvalue weighted by Gasteiger charge is -2.03. The van der Waals surface area contributed by atoms with E-state index in [9.17, 15) is 13.6 Å². The quantitative estimate of drug-likeness (QED) is 0.746. The number of benzene rings is 1. The highest BCUT2D eigenvalue weighted by Gasteiger charge is 2.13. The van der Waals surface area contributed by atoms with Crippen molar-refractivity contribution in [2.45, 2.75) is 0 Å². The maximum absolute atomic E-state index is 13.3. The van der Waals surface area contributed by atoms with Crippen LogP contribution in [0.2, 0.25) is 0 Å². The van der Waals surface area contributed by atoms with E-state index in [0.29, 0.717) is 0 Å². The zero-order chi connectivity index (χ0) is 11.7. The van der Waals surface area contributed by atoms with Crippen molar-refractivity contribution in [3.63, 3.8) is 0 Å². The largest absolute Gasteiger partial charge is 0.368 e. The van der Waals surface area contributed by atoms with E-state index >= 15 is 0 Å². The Hall–Kier alpha value is -2.31. The maximum atomic E-state index is 13.3. The number of anilines is 1. The summed E-state index contributed by atoms with van der Waals surface area (Å²) in [6, 6.07) is 3.31. The number of nitrogens with one attached hydrogen (secondary N) is 1. The molecule has 2 rings (SSSR count). The number of nitrogens with two attached hydrogens (primary N) is 1. The molecular weight excluding hydrogens is 218 g/mol. The van der Waals surface area contributed by atoms with Gasteiger partial charge in [0.05, 0.1) is 5.56 Å². The monoisotopic (exact) mass is 224 g/mol. The molecule has 2 aromatic rings. The van der Waals surface area contributed by atoms with Crippen molar-refractivity contribution in [3.05, 3.63) is 40.3 Å². The van der Waals surface area contributed by atoms with Crippen molar-refractivity contribution in [1.29, 1.82) is 0 Å². The Balaban J connectivity index is 2.72. The summed E-state index contributed by atoms with van der Waals surface area (Å²) in [6.07, 6.45) is 0. The van der Waals surface area contributed by atoms with E-state index in [1.807, 2.05) is 0 Å². The predicted molar refractivity (Wildman–Crippen MR) is 52.4 cm³/mol. The molecule has 0 aliphatic rings.